The van der Waals surface area contributed by atoms with Crippen LogP contribution in [0.15, 0.2) is 24.3 Å². The molecule has 1 aromatic carbocycles. The molecule has 1 aliphatic rings. The quantitative estimate of drug-likeness (QED) is 0.896. The van der Waals surface area contributed by atoms with Gasteiger partial charge < -0.3 is 10.4 Å². The summed E-state index contributed by atoms with van der Waals surface area (Å²) in [4.78, 5) is 23.4. The second kappa shape index (κ2) is 5.88. The number of benzene rings is 1. The molecule has 1 fully saturated rings. The van der Waals surface area contributed by atoms with Crippen LogP contribution in [0.1, 0.15) is 45.6 Å². The largest absolute Gasteiger partial charge is 0.481 e. The van der Waals surface area contributed by atoms with Crippen LogP contribution in [0, 0.1) is 11.8 Å². The maximum Gasteiger partial charge on any atom is 0.307 e. The molecule has 4 heteroatoms. The summed E-state index contributed by atoms with van der Waals surface area (Å²) in [5.74, 6) is -2.00. The van der Waals surface area contributed by atoms with Crippen LogP contribution in [0.4, 0.5) is 5.69 Å². The molecule has 2 unspecified atom stereocenters. The zero-order chi connectivity index (χ0) is 15.6. The highest BCUT2D eigenvalue weighted by Gasteiger charge is 2.37. The summed E-state index contributed by atoms with van der Waals surface area (Å²) in [5, 5.41) is 12.0. The minimum absolute atomic E-state index is 0.0718. The molecule has 1 aromatic rings. The first-order valence-electron chi connectivity index (χ1n) is 7.43. The van der Waals surface area contributed by atoms with Crippen LogP contribution in [0.25, 0.3) is 0 Å². The van der Waals surface area contributed by atoms with Crippen molar-refractivity contribution < 1.29 is 14.7 Å². The fourth-order valence-electron chi connectivity index (χ4n) is 2.86. The molecule has 2 N–H and O–H groups in total. The molecule has 2 atom stereocenters. The van der Waals surface area contributed by atoms with Crippen molar-refractivity contribution in [1.29, 1.82) is 0 Å². The number of nitrogens with one attached hydrogen (secondary N) is 1. The number of rotatable bonds is 3. The van der Waals surface area contributed by atoms with Gasteiger partial charge in [0.1, 0.15) is 0 Å². The van der Waals surface area contributed by atoms with Gasteiger partial charge in [0, 0.05) is 5.69 Å². The van der Waals surface area contributed by atoms with Crippen molar-refractivity contribution in [2.75, 3.05) is 5.32 Å². The van der Waals surface area contributed by atoms with E-state index in [9.17, 15) is 9.59 Å². The normalized spacial score (nSPS) is 22.0. The van der Waals surface area contributed by atoms with Gasteiger partial charge in [-0.1, -0.05) is 39.3 Å². The number of amides is 1. The summed E-state index contributed by atoms with van der Waals surface area (Å²) in [6.07, 6.45) is 2.05. The molecule has 1 aliphatic carbocycles. The Bertz CT molecular complexity index is 528. The van der Waals surface area contributed by atoms with Crippen molar-refractivity contribution in [3.8, 4) is 0 Å². The average Bonchev–Trinajstić information content (AvgIpc) is 2.87. The third kappa shape index (κ3) is 3.63. The van der Waals surface area contributed by atoms with E-state index in [1.165, 1.54) is 5.56 Å². The Balaban J connectivity index is 2.04. The summed E-state index contributed by atoms with van der Waals surface area (Å²) in [7, 11) is 0. The number of carbonyl (C=O) groups is 2. The van der Waals surface area contributed by atoms with Crippen molar-refractivity contribution in [3.05, 3.63) is 29.8 Å². The molecule has 0 spiro atoms. The Morgan fingerprint density at radius 3 is 2.19 bits per heavy atom. The molecule has 0 aromatic heterocycles. The van der Waals surface area contributed by atoms with E-state index in [1.54, 1.807) is 0 Å². The second-order valence-corrected chi connectivity index (χ2v) is 6.80. The van der Waals surface area contributed by atoms with Gasteiger partial charge >= 0.3 is 5.97 Å². The van der Waals surface area contributed by atoms with Crippen molar-refractivity contribution in [3.63, 3.8) is 0 Å². The lowest BCUT2D eigenvalue weighted by molar-refractivity contribution is -0.145. The van der Waals surface area contributed by atoms with E-state index < -0.39 is 17.8 Å². The second-order valence-electron chi connectivity index (χ2n) is 6.80. The van der Waals surface area contributed by atoms with Gasteiger partial charge in [0.15, 0.2) is 0 Å². The molecule has 2 rings (SSSR count). The summed E-state index contributed by atoms with van der Waals surface area (Å²) in [6, 6.07) is 7.75. The van der Waals surface area contributed by atoms with Crippen LogP contribution in [-0.2, 0) is 15.0 Å². The summed E-state index contributed by atoms with van der Waals surface area (Å²) >= 11 is 0. The van der Waals surface area contributed by atoms with Gasteiger partial charge in [0.05, 0.1) is 11.8 Å². The Kier molecular flexibility index (Phi) is 4.35. The van der Waals surface area contributed by atoms with Crippen molar-refractivity contribution in [1.82, 2.24) is 0 Å². The molecule has 0 aliphatic heterocycles. The van der Waals surface area contributed by atoms with Gasteiger partial charge in [-0.3, -0.25) is 9.59 Å². The number of anilines is 1. The average molecular weight is 289 g/mol. The zero-order valence-corrected chi connectivity index (χ0v) is 12.8. The minimum atomic E-state index is -0.865. The first-order valence-corrected chi connectivity index (χ1v) is 7.43. The summed E-state index contributed by atoms with van der Waals surface area (Å²) in [5.41, 5.74) is 2.00. The molecular weight excluding hydrogens is 266 g/mol. The molecule has 114 valence electrons. The van der Waals surface area contributed by atoms with Gasteiger partial charge in [0.2, 0.25) is 5.91 Å². The summed E-state index contributed by atoms with van der Waals surface area (Å²) in [6.45, 7) is 6.41. The van der Waals surface area contributed by atoms with Gasteiger partial charge in [-0.15, -0.1) is 0 Å². The lowest BCUT2D eigenvalue weighted by atomic mass is 9.87. The van der Waals surface area contributed by atoms with Crippen LogP contribution in [0.2, 0.25) is 0 Å². The molecular formula is C17H23NO3. The van der Waals surface area contributed by atoms with E-state index in [2.05, 4.69) is 26.1 Å². The number of hydrogen-bond donors (Lipinski definition) is 2. The van der Waals surface area contributed by atoms with E-state index in [-0.39, 0.29) is 11.3 Å². The number of carboxylic acid groups (broad SMARTS) is 1. The Labute approximate surface area is 125 Å². The van der Waals surface area contributed by atoms with Crippen molar-refractivity contribution in [2.45, 2.75) is 45.4 Å². The lowest BCUT2D eigenvalue weighted by Crippen LogP contribution is -2.30. The Hall–Kier alpha value is -1.84. The van der Waals surface area contributed by atoms with Gasteiger partial charge in [-0.2, -0.15) is 0 Å². The molecule has 4 nitrogen and oxygen atoms in total. The van der Waals surface area contributed by atoms with Crippen LogP contribution in [-0.4, -0.2) is 17.0 Å². The maximum absolute atomic E-state index is 12.2. The topological polar surface area (TPSA) is 66.4 Å². The van der Waals surface area contributed by atoms with E-state index >= 15 is 0 Å². The number of carboxylic acids is 1. The predicted octanol–water partition coefficient (Wildman–Crippen LogP) is 3.42. The highest BCUT2D eigenvalue weighted by molar-refractivity contribution is 5.95. The predicted molar refractivity (Wildman–Crippen MR) is 82.2 cm³/mol. The molecule has 0 saturated heterocycles. The Morgan fingerprint density at radius 1 is 1.10 bits per heavy atom. The standard InChI is InChI=1S/C17H23NO3/c1-17(2,3)11-7-9-12(10-8-11)18-15(19)13-5-4-6-14(13)16(20)21/h7-10,13-14H,4-6H2,1-3H3,(H,18,19)(H,20,21). The highest BCUT2D eigenvalue weighted by Crippen LogP contribution is 2.33. The van der Waals surface area contributed by atoms with Gasteiger partial charge in [-0.25, -0.2) is 0 Å². The highest BCUT2D eigenvalue weighted by atomic mass is 16.4. The van der Waals surface area contributed by atoms with Gasteiger partial charge in [0.25, 0.3) is 0 Å². The Morgan fingerprint density at radius 2 is 1.67 bits per heavy atom. The lowest BCUT2D eigenvalue weighted by Gasteiger charge is -2.20. The number of carbonyl (C=O) groups excluding carboxylic acids is 1. The first kappa shape index (κ1) is 15.5. The smallest absolute Gasteiger partial charge is 0.307 e. The fraction of sp³-hybridized carbons (Fsp3) is 0.529. The first-order chi connectivity index (χ1) is 9.79. The zero-order valence-electron chi connectivity index (χ0n) is 12.8. The van der Waals surface area contributed by atoms with E-state index in [0.29, 0.717) is 12.8 Å². The molecule has 21 heavy (non-hydrogen) atoms. The summed E-state index contributed by atoms with van der Waals surface area (Å²) < 4.78 is 0. The van der Waals surface area contributed by atoms with E-state index in [0.717, 1.165) is 12.1 Å². The SMILES string of the molecule is CC(C)(C)c1ccc(NC(=O)C2CCCC2C(=O)O)cc1. The van der Waals surface area contributed by atoms with Crippen molar-refractivity contribution in [2.24, 2.45) is 11.8 Å². The van der Waals surface area contributed by atoms with Crippen LogP contribution in [0.3, 0.4) is 0 Å². The van der Waals surface area contributed by atoms with Crippen LogP contribution >= 0.6 is 0 Å². The van der Waals surface area contributed by atoms with Crippen LogP contribution in [0.5, 0.6) is 0 Å². The molecule has 0 heterocycles. The molecule has 0 radical (unpaired) electrons. The van der Waals surface area contributed by atoms with Crippen LogP contribution < -0.4 is 5.32 Å². The number of hydrogen-bond acceptors (Lipinski definition) is 2. The third-order valence-electron chi connectivity index (χ3n) is 4.19. The van der Waals surface area contributed by atoms with Crippen molar-refractivity contribution >= 4 is 17.6 Å². The number of aliphatic carboxylic acids is 1. The molecule has 0 bridgehead atoms. The van der Waals surface area contributed by atoms with Gasteiger partial charge in [-0.05, 0) is 36.0 Å². The monoisotopic (exact) mass is 289 g/mol. The fourth-order valence-corrected chi connectivity index (χ4v) is 2.86. The van der Waals surface area contributed by atoms with E-state index in [4.69, 9.17) is 5.11 Å². The third-order valence-corrected chi connectivity index (χ3v) is 4.19. The molecule has 1 saturated carbocycles. The van der Waals surface area contributed by atoms with E-state index in [1.807, 2.05) is 24.3 Å². The molecule has 1 amide bonds. The minimum Gasteiger partial charge on any atom is -0.481 e. The maximum atomic E-state index is 12.2.